The number of hydrogen-bond donors (Lipinski definition) is 1. The van der Waals surface area contributed by atoms with Crippen molar-refractivity contribution in [3.63, 3.8) is 0 Å². The highest BCUT2D eigenvalue weighted by Crippen LogP contribution is 2.52. The van der Waals surface area contributed by atoms with Gasteiger partial charge in [-0.3, -0.25) is 0 Å². The number of ether oxygens (including phenoxy) is 2. The van der Waals surface area contributed by atoms with Crippen molar-refractivity contribution in [3.05, 3.63) is 0 Å². The van der Waals surface area contributed by atoms with Gasteiger partial charge in [0, 0.05) is 0 Å². The summed E-state index contributed by atoms with van der Waals surface area (Å²) in [6.07, 6.45) is 10.8. The fourth-order valence-electron chi connectivity index (χ4n) is 5.29. The summed E-state index contributed by atoms with van der Waals surface area (Å²) in [4.78, 5) is 2.48. The molecule has 1 aliphatic carbocycles. The first-order valence-corrected chi connectivity index (χ1v) is 10.5. The van der Waals surface area contributed by atoms with Crippen LogP contribution in [0.25, 0.3) is 0 Å². The van der Waals surface area contributed by atoms with Gasteiger partial charge in [-0.25, -0.2) is 4.90 Å². The van der Waals surface area contributed by atoms with Crippen LogP contribution in [0.2, 0.25) is 0 Å². The maximum Gasteiger partial charge on any atom is 0.124 e. The predicted molar refractivity (Wildman–Crippen MR) is 100 cm³/mol. The van der Waals surface area contributed by atoms with Gasteiger partial charge < -0.3 is 14.6 Å². The van der Waals surface area contributed by atoms with Gasteiger partial charge in [0.2, 0.25) is 0 Å². The molecule has 0 aromatic heterocycles. The third-order valence-electron chi connectivity index (χ3n) is 6.98. The monoisotopic (exact) mass is 353 g/mol. The molecule has 4 heteroatoms. The molecule has 2 heterocycles. The van der Waals surface area contributed by atoms with Gasteiger partial charge in [-0.1, -0.05) is 47.0 Å². The Morgan fingerprint density at radius 1 is 1.08 bits per heavy atom. The maximum atomic E-state index is 10.1. The van der Waals surface area contributed by atoms with Crippen LogP contribution in [0.15, 0.2) is 0 Å². The minimum Gasteiger partial charge on any atom is -0.394 e. The van der Waals surface area contributed by atoms with Crippen LogP contribution in [-0.2, 0) is 9.47 Å². The summed E-state index contributed by atoms with van der Waals surface area (Å²) >= 11 is 0. The number of fused-ring (bicyclic) bond motifs is 2. The van der Waals surface area contributed by atoms with Crippen LogP contribution >= 0.6 is 0 Å². The summed E-state index contributed by atoms with van der Waals surface area (Å²) in [6, 6.07) is 0. The molecule has 0 unspecified atom stereocenters. The van der Waals surface area contributed by atoms with E-state index in [0.29, 0.717) is 18.6 Å². The van der Waals surface area contributed by atoms with Gasteiger partial charge in [0.15, 0.2) is 0 Å². The summed E-state index contributed by atoms with van der Waals surface area (Å²) in [6.45, 7) is 10.7. The molecule has 0 aromatic rings. The smallest absolute Gasteiger partial charge is 0.124 e. The summed E-state index contributed by atoms with van der Waals surface area (Å²) in [7, 11) is 0. The molecule has 3 aliphatic rings. The first-order chi connectivity index (χ1) is 11.9. The average molecular weight is 354 g/mol. The van der Waals surface area contributed by atoms with E-state index in [1.54, 1.807) is 0 Å². The molecule has 2 aliphatic heterocycles. The van der Waals surface area contributed by atoms with Crippen molar-refractivity contribution in [2.45, 2.75) is 103 Å². The molecule has 25 heavy (non-hydrogen) atoms. The standard InChI is InChI=1S/C21H39NO3/c1-5-6-7-8-9-18-22-20(14-23,15-24-18)16-25-21(22)12-10-17(11-13-21)19(2,3)4/h17-18,23H,5-16H2,1-4H3/t17?,18-,20-,21?/m0/s1. The van der Waals surface area contributed by atoms with Crippen LogP contribution in [0.1, 0.15) is 85.5 Å². The van der Waals surface area contributed by atoms with Crippen molar-refractivity contribution >= 4 is 0 Å². The van der Waals surface area contributed by atoms with Gasteiger partial charge in [-0.15, -0.1) is 0 Å². The molecule has 0 aromatic carbocycles. The van der Waals surface area contributed by atoms with E-state index in [4.69, 9.17) is 9.47 Å². The van der Waals surface area contributed by atoms with E-state index in [1.807, 2.05) is 0 Å². The van der Waals surface area contributed by atoms with E-state index in [-0.39, 0.29) is 24.1 Å². The minimum atomic E-state index is -0.302. The second-order valence-electron chi connectivity index (χ2n) is 9.74. The molecule has 0 radical (unpaired) electrons. The first-order valence-electron chi connectivity index (χ1n) is 10.5. The lowest BCUT2D eigenvalue weighted by molar-refractivity contribution is -0.167. The number of nitrogens with zero attached hydrogens (tertiary/aromatic N) is 1. The van der Waals surface area contributed by atoms with E-state index < -0.39 is 0 Å². The minimum absolute atomic E-state index is 0.123. The number of rotatable bonds is 6. The summed E-state index contributed by atoms with van der Waals surface area (Å²) in [5, 5.41) is 10.1. The van der Waals surface area contributed by atoms with Gasteiger partial charge in [0.05, 0.1) is 25.4 Å². The lowest BCUT2D eigenvalue weighted by Crippen LogP contribution is -2.58. The zero-order valence-corrected chi connectivity index (χ0v) is 16.9. The third kappa shape index (κ3) is 3.65. The highest BCUT2D eigenvalue weighted by molar-refractivity contribution is 5.09. The quantitative estimate of drug-likeness (QED) is 0.723. The van der Waals surface area contributed by atoms with E-state index in [2.05, 4.69) is 32.6 Å². The zero-order chi connectivity index (χ0) is 18.1. The van der Waals surface area contributed by atoms with Crippen molar-refractivity contribution in [2.75, 3.05) is 19.8 Å². The molecule has 146 valence electrons. The molecule has 1 N–H and O–H groups in total. The number of aliphatic hydroxyl groups excluding tert-OH is 1. The second kappa shape index (κ2) is 7.46. The van der Waals surface area contributed by atoms with Crippen molar-refractivity contribution in [2.24, 2.45) is 11.3 Å². The first kappa shape index (κ1) is 19.6. The molecular weight excluding hydrogens is 314 g/mol. The molecular formula is C21H39NO3. The van der Waals surface area contributed by atoms with E-state index >= 15 is 0 Å². The molecule has 3 fully saturated rings. The molecule has 4 nitrogen and oxygen atoms in total. The Kier molecular flexibility index (Phi) is 5.85. The summed E-state index contributed by atoms with van der Waals surface area (Å²) < 4.78 is 12.6. The molecule has 3 rings (SSSR count). The number of aliphatic hydroxyl groups is 1. The molecule has 2 saturated heterocycles. The summed E-state index contributed by atoms with van der Waals surface area (Å²) in [5.74, 6) is 0.761. The lowest BCUT2D eigenvalue weighted by atomic mass is 9.70. The fraction of sp³-hybridized carbons (Fsp3) is 1.00. The Bertz CT molecular complexity index is 439. The Balaban J connectivity index is 1.70. The highest BCUT2D eigenvalue weighted by atomic mass is 16.6. The van der Waals surface area contributed by atoms with Crippen molar-refractivity contribution in [3.8, 4) is 0 Å². The van der Waals surface area contributed by atoms with Gasteiger partial charge in [0.25, 0.3) is 0 Å². The van der Waals surface area contributed by atoms with Crippen LogP contribution in [0.3, 0.4) is 0 Å². The molecule has 0 bridgehead atoms. The van der Waals surface area contributed by atoms with Gasteiger partial charge in [-0.05, 0) is 49.9 Å². The molecule has 1 saturated carbocycles. The van der Waals surface area contributed by atoms with Crippen LogP contribution in [0.5, 0.6) is 0 Å². The second-order valence-corrected chi connectivity index (χ2v) is 9.74. The fourth-order valence-corrected chi connectivity index (χ4v) is 5.29. The molecule has 0 amide bonds. The Morgan fingerprint density at radius 2 is 1.80 bits per heavy atom. The van der Waals surface area contributed by atoms with Crippen LogP contribution in [-0.4, -0.2) is 47.3 Å². The maximum absolute atomic E-state index is 10.1. The van der Waals surface area contributed by atoms with E-state index in [9.17, 15) is 5.11 Å². The van der Waals surface area contributed by atoms with Crippen LogP contribution in [0.4, 0.5) is 0 Å². The van der Waals surface area contributed by atoms with Gasteiger partial charge in [0.1, 0.15) is 12.0 Å². The highest BCUT2D eigenvalue weighted by Gasteiger charge is 2.62. The van der Waals surface area contributed by atoms with Crippen LogP contribution < -0.4 is 0 Å². The largest absolute Gasteiger partial charge is 0.394 e. The summed E-state index contributed by atoms with van der Waals surface area (Å²) in [5.41, 5.74) is -0.129. The predicted octanol–water partition coefficient (Wildman–Crippen LogP) is 4.31. The Morgan fingerprint density at radius 3 is 2.40 bits per heavy atom. The Hall–Kier alpha value is -0.160. The number of unbranched alkanes of at least 4 members (excludes halogenated alkanes) is 3. The zero-order valence-electron chi connectivity index (χ0n) is 16.9. The van der Waals surface area contributed by atoms with Crippen molar-refractivity contribution in [1.82, 2.24) is 4.90 Å². The van der Waals surface area contributed by atoms with E-state index in [0.717, 1.165) is 25.2 Å². The van der Waals surface area contributed by atoms with Gasteiger partial charge in [-0.2, -0.15) is 0 Å². The third-order valence-corrected chi connectivity index (χ3v) is 6.98. The SMILES string of the molecule is CCCCCC[C@@H]1OC[C@@]2(CO)COC3(CCC(C(C)(C)C)CC3)N12. The topological polar surface area (TPSA) is 41.9 Å². The van der Waals surface area contributed by atoms with Crippen molar-refractivity contribution < 1.29 is 14.6 Å². The molecule has 1 spiro atoms. The average Bonchev–Trinajstić information content (AvgIpc) is 3.10. The molecule has 2 atom stereocenters. The van der Waals surface area contributed by atoms with Crippen molar-refractivity contribution in [1.29, 1.82) is 0 Å². The van der Waals surface area contributed by atoms with Gasteiger partial charge >= 0.3 is 0 Å². The lowest BCUT2D eigenvalue weighted by Gasteiger charge is -2.48. The Labute approximate surface area is 154 Å². The normalized spacial score (nSPS) is 39.2. The number of hydrogen-bond acceptors (Lipinski definition) is 4. The van der Waals surface area contributed by atoms with E-state index in [1.165, 1.54) is 38.5 Å². The van der Waals surface area contributed by atoms with Crippen LogP contribution in [0, 0.1) is 11.3 Å².